The number of rotatable bonds is 5. The lowest BCUT2D eigenvalue weighted by atomic mass is 10.1. The lowest BCUT2D eigenvalue weighted by Gasteiger charge is -2.06. The summed E-state index contributed by atoms with van der Waals surface area (Å²) in [5, 5.41) is 8.31. The summed E-state index contributed by atoms with van der Waals surface area (Å²) in [7, 11) is 0. The highest BCUT2D eigenvalue weighted by Crippen LogP contribution is 2.07. The topological polar surface area (TPSA) is 56.7 Å². The minimum atomic E-state index is 0.451. The van der Waals surface area contributed by atoms with Gasteiger partial charge in [-0.15, -0.1) is 10.2 Å². The fraction of sp³-hybridized carbons (Fsp3) is 0.385. The molecule has 2 aromatic rings. The fourth-order valence-corrected chi connectivity index (χ4v) is 1.97. The molecule has 17 heavy (non-hydrogen) atoms. The molecule has 1 aromatic heterocycles. The van der Waals surface area contributed by atoms with E-state index in [1.54, 1.807) is 0 Å². The highest BCUT2D eigenvalue weighted by atomic mass is 15.3. The van der Waals surface area contributed by atoms with Gasteiger partial charge in [-0.1, -0.05) is 30.3 Å². The number of aromatic nitrogens is 3. The van der Waals surface area contributed by atoms with E-state index in [1.165, 1.54) is 5.56 Å². The summed E-state index contributed by atoms with van der Waals surface area (Å²) < 4.78 is 2.10. The summed E-state index contributed by atoms with van der Waals surface area (Å²) in [6, 6.07) is 10.4. The average Bonchev–Trinajstić information content (AvgIpc) is 2.79. The van der Waals surface area contributed by atoms with Gasteiger partial charge in [0.2, 0.25) is 0 Å². The first kappa shape index (κ1) is 11.8. The summed E-state index contributed by atoms with van der Waals surface area (Å²) in [6.45, 7) is 3.42. The standard InChI is InChI=1S/C13H18N4/c1-2-17-12(15-16-13(17)10-14)9-8-11-6-4-3-5-7-11/h3-7H,2,8-10,14H2,1H3. The van der Waals surface area contributed by atoms with Crippen molar-refractivity contribution in [3.05, 3.63) is 47.5 Å². The minimum Gasteiger partial charge on any atom is -0.324 e. The zero-order chi connectivity index (χ0) is 12.1. The Morgan fingerprint density at radius 2 is 1.76 bits per heavy atom. The van der Waals surface area contributed by atoms with Crippen LogP contribution in [-0.4, -0.2) is 14.8 Å². The molecule has 1 heterocycles. The van der Waals surface area contributed by atoms with E-state index in [4.69, 9.17) is 5.73 Å². The molecule has 0 aliphatic rings. The summed E-state index contributed by atoms with van der Waals surface area (Å²) in [5.41, 5.74) is 6.95. The van der Waals surface area contributed by atoms with Crippen molar-refractivity contribution in [2.24, 2.45) is 5.73 Å². The largest absolute Gasteiger partial charge is 0.324 e. The van der Waals surface area contributed by atoms with Gasteiger partial charge in [0.05, 0.1) is 6.54 Å². The Balaban J connectivity index is 2.06. The zero-order valence-corrected chi connectivity index (χ0v) is 10.1. The van der Waals surface area contributed by atoms with Crippen LogP contribution in [0.25, 0.3) is 0 Å². The van der Waals surface area contributed by atoms with Crippen LogP contribution in [0.1, 0.15) is 24.1 Å². The molecular weight excluding hydrogens is 212 g/mol. The molecule has 0 radical (unpaired) electrons. The van der Waals surface area contributed by atoms with Crippen molar-refractivity contribution in [2.45, 2.75) is 32.9 Å². The van der Waals surface area contributed by atoms with Crippen LogP contribution in [0.15, 0.2) is 30.3 Å². The van der Waals surface area contributed by atoms with Gasteiger partial charge < -0.3 is 10.3 Å². The molecule has 0 saturated heterocycles. The van der Waals surface area contributed by atoms with E-state index >= 15 is 0 Å². The van der Waals surface area contributed by atoms with Crippen molar-refractivity contribution >= 4 is 0 Å². The number of hydrogen-bond acceptors (Lipinski definition) is 3. The molecule has 4 nitrogen and oxygen atoms in total. The van der Waals surface area contributed by atoms with Gasteiger partial charge in [-0.2, -0.15) is 0 Å². The highest BCUT2D eigenvalue weighted by molar-refractivity contribution is 5.15. The van der Waals surface area contributed by atoms with E-state index in [2.05, 4.69) is 46.0 Å². The second kappa shape index (κ2) is 5.59. The summed E-state index contributed by atoms with van der Waals surface area (Å²) in [6.07, 6.45) is 1.90. The summed E-state index contributed by atoms with van der Waals surface area (Å²) in [5.74, 6) is 1.90. The number of nitrogens with two attached hydrogens (primary N) is 1. The normalized spacial score (nSPS) is 10.7. The van der Waals surface area contributed by atoms with Crippen LogP contribution in [0.3, 0.4) is 0 Å². The third-order valence-electron chi connectivity index (χ3n) is 2.88. The van der Waals surface area contributed by atoms with Crippen molar-refractivity contribution < 1.29 is 0 Å². The smallest absolute Gasteiger partial charge is 0.146 e. The van der Waals surface area contributed by atoms with Crippen LogP contribution in [0.2, 0.25) is 0 Å². The molecule has 4 heteroatoms. The predicted molar refractivity (Wildman–Crippen MR) is 67.4 cm³/mol. The van der Waals surface area contributed by atoms with E-state index in [1.807, 2.05) is 6.07 Å². The molecular formula is C13H18N4. The maximum atomic E-state index is 5.62. The van der Waals surface area contributed by atoms with Crippen molar-refractivity contribution in [3.8, 4) is 0 Å². The van der Waals surface area contributed by atoms with Gasteiger partial charge in [0.25, 0.3) is 0 Å². The van der Waals surface area contributed by atoms with Crippen LogP contribution >= 0.6 is 0 Å². The average molecular weight is 230 g/mol. The van der Waals surface area contributed by atoms with Gasteiger partial charge in [0.1, 0.15) is 11.6 Å². The first-order valence-electron chi connectivity index (χ1n) is 6.00. The highest BCUT2D eigenvalue weighted by Gasteiger charge is 2.08. The maximum absolute atomic E-state index is 5.62. The quantitative estimate of drug-likeness (QED) is 0.847. The molecule has 0 atom stereocenters. The third kappa shape index (κ3) is 2.71. The molecule has 0 aliphatic heterocycles. The molecule has 0 saturated carbocycles. The molecule has 2 N–H and O–H groups in total. The Kier molecular flexibility index (Phi) is 3.88. The first-order valence-corrected chi connectivity index (χ1v) is 6.00. The minimum absolute atomic E-state index is 0.451. The summed E-state index contributed by atoms with van der Waals surface area (Å²) in [4.78, 5) is 0. The van der Waals surface area contributed by atoms with Crippen molar-refractivity contribution in [1.29, 1.82) is 0 Å². The molecule has 90 valence electrons. The maximum Gasteiger partial charge on any atom is 0.146 e. The zero-order valence-electron chi connectivity index (χ0n) is 10.1. The molecule has 0 bridgehead atoms. The van der Waals surface area contributed by atoms with E-state index in [0.29, 0.717) is 6.54 Å². The first-order chi connectivity index (χ1) is 8.35. The van der Waals surface area contributed by atoms with Gasteiger partial charge in [0, 0.05) is 13.0 Å². The Bertz CT molecular complexity index is 462. The Morgan fingerprint density at radius 1 is 1.06 bits per heavy atom. The van der Waals surface area contributed by atoms with Gasteiger partial charge in [0.15, 0.2) is 0 Å². The van der Waals surface area contributed by atoms with E-state index in [0.717, 1.165) is 31.0 Å². The SMILES string of the molecule is CCn1c(CN)nnc1CCc1ccccc1. The third-order valence-corrected chi connectivity index (χ3v) is 2.88. The van der Waals surface area contributed by atoms with Crippen molar-refractivity contribution in [2.75, 3.05) is 0 Å². The Labute approximate surface area is 101 Å². The number of aryl methyl sites for hydroxylation is 2. The van der Waals surface area contributed by atoms with Crippen LogP contribution < -0.4 is 5.73 Å². The monoisotopic (exact) mass is 230 g/mol. The lowest BCUT2D eigenvalue weighted by Crippen LogP contribution is -2.10. The predicted octanol–water partition coefficient (Wildman–Crippen LogP) is 1.54. The van der Waals surface area contributed by atoms with Gasteiger partial charge in [-0.05, 0) is 18.9 Å². The molecule has 2 rings (SSSR count). The molecule has 0 spiro atoms. The second-order valence-corrected chi connectivity index (χ2v) is 3.97. The molecule has 0 amide bonds. The number of benzene rings is 1. The van der Waals surface area contributed by atoms with Gasteiger partial charge in [-0.25, -0.2) is 0 Å². The van der Waals surface area contributed by atoms with E-state index in [-0.39, 0.29) is 0 Å². The van der Waals surface area contributed by atoms with Crippen LogP contribution in [0.4, 0.5) is 0 Å². The van der Waals surface area contributed by atoms with Crippen molar-refractivity contribution in [1.82, 2.24) is 14.8 Å². The Morgan fingerprint density at radius 3 is 2.41 bits per heavy atom. The van der Waals surface area contributed by atoms with Gasteiger partial charge >= 0.3 is 0 Å². The fourth-order valence-electron chi connectivity index (χ4n) is 1.97. The number of hydrogen-bond donors (Lipinski definition) is 1. The molecule has 0 unspecified atom stereocenters. The van der Waals surface area contributed by atoms with E-state index in [9.17, 15) is 0 Å². The Hall–Kier alpha value is -1.68. The van der Waals surface area contributed by atoms with Crippen molar-refractivity contribution in [3.63, 3.8) is 0 Å². The molecule has 0 fully saturated rings. The summed E-state index contributed by atoms with van der Waals surface area (Å²) >= 11 is 0. The van der Waals surface area contributed by atoms with Gasteiger partial charge in [-0.3, -0.25) is 0 Å². The van der Waals surface area contributed by atoms with Crippen LogP contribution in [0, 0.1) is 0 Å². The van der Waals surface area contributed by atoms with Crippen LogP contribution in [0.5, 0.6) is 0 Å². The second-order valence-electron chi connectivity index (χ2n) is 3.97. The van der Waals surface area contributed by atoms with Crippen LogP contribution in [-0.2, 0) is 25.9 Å². The molecule has 0 aliphatic carbocycles. The van der Waals surface area contributed by atoms with E-state index < -0.39 is 0 Å². The number of nitrogens with zero attached hydrogens (tertiary/aromatic N) is 3. The molecule has 1 aromatic carbocycles. The lowest BCUT2D eigenvalue weighted by molar-refractivity contribution is 0.654.